The molecule has 0 aromatic carbocycles. The molecule has 0 spiro atoms. The number of thiazole rings is 1. The SMILES string of the molecule is O=C1CCC(N2C(=O)C=C(Nc3nccs3)C2O)C(=O)N1. The van der Waals surface area contributed by atoms with E-state index in [1.165, 1.54) is 17.4 Å². The molecule has 0 radical (unpaired) electrons. The number of rotatable bonds is 3. The minimum absolute atomic E-state index is 0.141. The van der Waals surface area contributed by atoms with Crippen LogP contribution in [0, 0.1) is 0 Å². The molecule has 2 aliphatic heterocycles. The Morgan fingerprint density at radius 1 is 1.43 bits per heavy atom. The van der Waals surface area contributed by atoms with E-state index in [2.05, 4.69) is 15.6 Å². The summed E-state index contributed by atoms with van der Waals surface area (Å²) >= 11 is 1.32. The fourth-order valence-corrected chi connectivity index (χ4v) is 2.88. The minimum atomic E-state index is -1.26. The highest BCUT2D eigenvalue weighted by atomic mass is 32.1. The summed E-state index contributed by atoms with van der Waals surface area (Å²) in [6.45, 7) is 0. The molecule has 3 N–H and O–H groups in total. The molecule has 2 unspecified atom stereocenters. The quantitative estimate of drug-likeness (QED) is 0.643. The molecule has 1 aromatic rings. The Bertz CT molecular complexity index is 627. The van der Waals surface area contributed by atoms with Crippen LogP contribution in [0.1, 0.15) is 12.8 Å². The van der Waals surface area contributed by atoms with Crippen LogP contribution in [-0.4, -0.2) is 45.0 Å². The van der Waals surface area contributed by atoms with Crippen LogP contribution in [-0.2, 0) is 14.4 Å². The van der Waals surface area contributed by atoms with E-state index in [-0.39, 0.29) is 24.4 Å². The monoisotopic (exact) mass is 308 g/mol. The molecule has 9 heteroatoms. The van der Waals surface area contributed by atoms with E-state index >= 15 is 0 Å². The van der Waals surface area contributed by atoms with Gasteiger partial charge in [-0.25, -0.2) is 4.98 Å². The second-order valence-electron chi connectivity index (χ2n) is 4.65. The number of piperidine rings is 1. The molecule has 0 bridgehead atoms. The smallest absolute Gasteiger partial charge is 0.251 e. The highest BCUT2D eigenvalue weighted by Crippen LogP contribution is 2.26. The van der Waals surface area contributed by atoms with Crippen molar-refractivity contribution in [2.45, 2.75) is 25.1 Å². The maximum atomic E-state index is 12.0. The van der Waals surface area contributed by atoms with Crippen LogP contribution in [0.2, 0.25) is 0 Å². The molecule has 1 fully saturated rings. The van der Waals surface area contributed by atoms with Gasteiger partial charge in [-0.15, -0.1) is 11.3 Å². The molecule has 0 saturated carbocycles. The lowest BCUT2D eigenvalue weighted by Gasteiger charge is -2.32. The Morgan fingerprint density at radius 3 is 2.90 bits per heavy atom. The molecule has 110 valence electrons. The summed E-state index contributed by atoms with van der Waals surface area (Å²) < 4.78 is 0. The predicted octanol–water partition coefficient (Wildman–Crippen LogP) is -0.595. The number of anilines is 1. The third kappa shape index (κ3) is 2.52. The minimum Gasteiger partial charge on any atom is -0.368 e. The fourth-order valence-electron chi connectivity index (χ4n) is 2.33. The molecular formula is C12H12N4O4S. The molecule has 3 rings (SSSR count). The van der Waals surface area contributed by atoms with Gasteiger partial charge in [0.1, 0.15) is 6.04 Å². The molecule has 2 atom stereocenters. The van der Waals surface area contributed by atoms with Gasteiger partial charge in [0.2, 0.25) is 11.8 Å². The molecule has 1 aromatic heterocycles. The highest BCUT2D eigenvalue weighted by Gasteiger charge is 2.42. The van der Waals surface area contributed by atoms with Crippen molar-refractivity contribution in [1.29, 1.82) is 0 Å². The number of hydrogen-bond donors (Lipinski definition) is 3. The van der Waals surface area contributed by atoms with Gasteiger partial charge in [-0.1, -0.05) is 0 Å². The maximum Gasteiger partial charge on any atom is 0.251 e. The van der Waals surface area contributed by atoms with Crippen LogP contribution in [0.5, 0.6) is 0 Å². The second-order valence-corrected chi connectivity index (χ2v) is 5.54. The van der Waals surface area contributed by atoms with E-state index in [0.29, 0.717) is 5.13 Å². The van der Waals surface area contributed by atoms with Gasteiger partial charge < -0.3 is 10.4 Å². The van der Waals surface area contributed by atoms with E-state index in [4.69, 9.17) is 0 Å². The van der Waals surface area contributed by atoms with Crippen molar-refractivity contribution >= 4 is 34.2 Å². The number of carbonyl (C=O) groups excluding carboxylic acids is 3. The summed E-state index contributed by atoms with van der Waals surface area (Å²) in [7, 11) is 0. The van der Waals surface area contributed by atoms with Gasteiger partial charge in [-0.2, -0.15) is 0 Å². The number of aliphatic hydroxyl groups excluding tert-OH is 1. The van der Waals surface area contributed by atoms with Crippen molar-refractivity contribution in [3.05, 3.63) is 23.3 Å². The van der Waals surface area contributed by atoms with Crippen LogP contribution in [0.15, 0.2) is 23.3 Å². The summed E-state index contributed by atoms with van der Waals surface area (Å²) in [5, 5.41) is 17.6. The number of amides is 3. The number of nitrogens with one attached hydrogen (secondary N) is 2. The van der Waals surface area contributed by atoms with Crippen molar-refractivity contribution in [3.63, 3.8) is 0 Å². The largest absolute Gasteiger partial charge is 0.368 e. The molecule has 1 saturated heterocycles. The number of imide groups is 1. The Morgan fingerprint density at radius 2 is 2.24 bits per heavy atom. The number of carbonyl (C=O) groups is 3. The van der Waals surface area contributed by atoms with Gasteiger partial charge in [0.15, 0.2) is 11.4 Å². The van der Waals surface area contributed by atoms with Crippen molar-refractivity contribution < 1.29 is 19.5 Å². The van der Waals surface area contributed by atoms with E-state index in [0.717, 1.165) is 4.90 Å². The predicted molar refractivity (Wildman–Crippen MR) is 72.8 cm³/mol. The lowest BCUT2D eigenvalue weighted by molar-refractivity contribution is -0.148. The van der Waals surface area contributed by atoms with Crippen LogP contribution < -0.4 is 10.6 Å². The van der Waals surface area contributed by atoms with E-state index < -0.39 is 24.1 Å². The normalized spacial score (nSPS) is 25.9. The fraction of sp³-hybridized carbons (Fsp3) is 0.333. The summed E-state index contributed by atoms with van der Waals surface area (Å²) in [6.07, 6.45) is 1.91. The molecule has 21 heavy (non-hydrogen) atoms. The number of aliphatic hydroxyl groups is 1. The topological polar surface area (TPSA) is 112 Å². The van der Waals surface area contributed by atoms with E-state index in [1.807, 2.05) is 0 Å². The Balaban J connectivity index is 1.75. The molecule has 0 aliphatic carbocycles. The molecule has 3 amide bonds. The van der Waals surface area contributed by atoms with E-state index in [1.54, 1.807) is 11.6 Å². The Hall–Kier alpha value is -2.26. The summed E-state index contributed by atoms with van der Waals surface area (Å²) in [5.41, 5.74) is 0.264. The average molecular weight is 308 g/mol. The second kappa shape index (κ2) is 5.26. The standard InChI is InChI=1S/C12H12N4O4S/c17-8-2-1-7(10(19)15-8)16-9(18)5-6(11(16)20)14-12-13-3-4-21-12/h3-5,7,11,20H,1-2H2,(H,13,14)(H,15,17,19). The third-order valence-corrected chi connectivity index (χ3v) is 3.99. The van der Waals surface area contributed by atoms with Gasteiger partial charge in [0, 0.05) is 24.1 Å². The van der Waals surface area contributed by atoms with Crippen molar-refractivity contribution in [1.82, 2.24) is 15.2 Å². The average Bonchev–Trinajstić information content (AvgIpc) is 3.02. The van der Waals surface area contributed by atoms with Gasteiger partial charge in [-0.3, -0.25) is 24.6 Å². The van der Waals surface area contributed by atoms with Crippen LogP contribution in [0.3, 0.4) is 0 Å². The number of hydrogen-bond acceptors (Lipinski definition) is 7. The lowest BCUT2D eigenvalue weighted by atomic mass is 10.0. The molecule has 8 nitrogen and oxygen atoms in total. The lowest BCUT2D eigenvalue weighted by Crippen LogP contribution is -2.55. The van der Waals surface area contributed by atoms with E-state index in [9.17, 15) is 19.5 Å². The van der Waals surface area contributed by atoms with Crippen molar-refractivity contribution in [2.75, 3.05) is 5.32 Å². The zero-order valence-electron chi connectivity index (χ0n) is 10.8. The number of nitrogens with zero attached hydrogens (tertiary/aromatic N) is 2. The van der Waals surface area contributed by atoms with Crippen molar-refractivity contribution in [2.24, 2.45) is 0 Å². The van der Waals surface area contributed by atoms with Gasteiger partial charge >= 0.3 is 0 Å². The summed E-state index contributed by atoms with van der Waals surface area (Å²) in [5.74, 6) is -1.41. The van der Waals surface area contributed by atoms with Gasteiger partial charge in [0.25, 0.3) is 5.91 Å². The first kappa shape index (κ1) is 13.7. The van der Waals surface area contributed by atoms with Gasteiger partial charge in [0.05, 0.1) is 5.70 Å². The summed E-state index contributed by atoms with van der Waals surface area (Å²) in [4.78, 5) is 40.0. The first-order chi connectivity index (χ1) is 10.1. The zero-order valence-corrected chi connectivity index (χ0v) is 11.6. The summed E-state index contributed by atoms with van der Waals surface area (Å²) in [6, 6.07) is -0.850. The first-order valence-electron chi connectivity index (χ1n) is 6.28. The Labute approximate surface area is 123 Å². The zero-order chi connectivity index (χ0) is 15.0. The first-order valence-corrected chi connectivity index (χ1v) is 7.16. The molecule has 3 heterocycles. The van der Waals surface area contributed by atoms with Crippen LogP contribution in [0.4, 0.5) is 5.13 Å². The van der Waals surface area contributed by atoms with Crippen LogP contribution >= 0.6 is 11.3 Å². The van der Waals surface area contributed by atoms with Gasteiger partial charge in [-0.05, 0) is 6.42 Å². The maximum absolute atomic E-state index is 12.0. The molecule has 2 aliphatic rings. The number of aromatic nitrogens is 1. The van der Waals surface area contributed by atoms with Crippen LogP contribution in [0.25, 0.3) is 0 Å². The third-order valence-electron chi connectivity index (χ3n) is 3.30. The van der Waals surface area contributed by atoms with Crippen molar-refractivity contribution in [3.8, 4) is 0 Å². The Kier molecular flexibility index (Phi) is 3.43. The molecular weight excluding hydrogens is 296 g/mol. The highest BCUT2D eigenvalue weighted by molar-refractivity contribution is 7.13.